The molecule has 0 saturated carbocycles. The van der Waals surface area contributed by atoms with E-state index in [1.165, 1.54) is 23.9 Å². The van der Waals surface area contributed by atoms with Crippen LogP contribution in [0.4, 0.5) is 0 Å². The number of thioether (sulfide) groups is 1. The van der Waals surface area contributed by atoms with Crippen LogP contribution in [0.1, 0.15) is 38.6 Å². The summed E-state index contributed by atoms with van der Waals surface area (Å²) >= 11 is 1.52. The van der Waals surface area contributed by atoms with Gasteiger partial charge in [-0.2, -0.15) is 0 Å². The molecule has 0 aliphatic heterocycles. The molecule has 0 fully saturated rings. The first-order valence-corrected chi connectivity index (χ1v) is 10.5. The van der Waals surface area contributed by atoms with Gasteiger partial charge in [0.15, 0.2) is 0 Å². The number of nitrogens with zero attached hydrogens (tertiary/aromatic N) is 1. The molecule has 0 aliphatic rings. The minimum Gasteiger partial charge on any atom is -0.508 e. The highest BCUT2D eigenvalue weighted by Gasteiger charge is 2.12. The Morgan fingerprint density at radius 2 is 1.80 bits per heavy atom. The van der Waals surface area contributed by atoms with Crippen molar-refractivity contribution in [3.8, 4) is 5.75 Å². The van der Waals surface area contributed by atoms with Crippen LogP contribution in [0.2, 0.25) is 0 Å². The fourth-order valence-corrected chi connectivity index (χ4v) is 3.67. The van der Waals surface area contributed by atoms with Gasteiger partial charge in [-0.25, -0.2) is 0 Å². The summed E-state index contributed by atoms with van der Waals surface area (Å²) in [5.74, 6) is 0.972. The third kappa shape index (κ3) is 6.12. The molecule has 0 bridgehead atoms. The van der Waals surface area contributed by atoms with Crippen LogP contribution in [-0.2, 0) is 5.75 Å². The van der Waals surface area contributed by atoms with Gasteiger partial charge in [0.2, 0.25) is 0 Å². The summed E-state index contributed by atoms with van der Waals surface area (Å²) in [6, 6.07) is 15.4. The maximum absolute atomic E-state index is 12.6. The molecular weight excluding hydrogens is 402 g/mol. The Hall–Kier alpha value is -3.26. The number of aryl methyl sites for hydroxylation is 1. The van der Waals surface area contributed by atoms with Crippen LogP contribution < -0.4 is 10.6 Å². The van der Waals surface area contributed by atoms with Gasteiger partial charge in [-0.1, -0.05) is 23.4 Å². The second kappa shape index (κ2) is 10.5. The second-order valence-electron chi connectivity index (χ2n) is 6.64. The van der Waals surface area contributed by atoms with E-state index in [4.69, 9.17) is 4.52 Å². The van der Waals surface area contributed by atoms with E-state index < -0.39 is 0 Å². The monoisotopic (exact) mass is 425 g/mol. The number of carbonyl (C=O) groups excluding carboxylic acids is 2. The number of phenols is 1. The predicted octanol–water partition coefficient (Wildman–Crippen LogP) is 3.53. The molecule has 3 N–H and O–H groups in total. The Kier molecular flexibility index (Phi) is 7.51. The summed E-state index contributed by atoms with van der Waals surface area (Å²) in [6.07, 6.45) is 0.586. The third-order valence-corrected chi connectivity index (χ3v) is 5.31. The maximum Gasteiger partial charge on any atom is 0.252 e. The number of rotatable bonds is 9. The van der Waals surface area contributed by atoms with Gasteiger partial charge in [0, 0.05) is 29.6 Å². The largest absolute Gasteiger partial charge is 0.508 e. The molecule has 0 unspecified atom stereocenters. The SMILES string of the molecule is Cc1cc(CSc2ccccc2C(=O)NCCCNC(=O)c2cccc(O)c2)on1. The standard InChI is InChI=1S/C22H23N3O4S/c1-15-12-18(29-25-15)14-30-20-9-3-2-8-19(20)22(28)24-11-5-10-23-21(27)16-6-4-7-17(26)13-16/h2-4,6-9,12-13,26H,5,10-11,14H2,1H3,(H,23,27)(H,24,28). The number of hydrogen-bond acceptors (Lipinski definition) is 6. The smallest absolute Gasteiger partial charge is 0.252 e. The van der Waals surface area contributed by atoms with E-state index in [-0.39, 0.29) is 17.6 Å². The van der Waals surface area contributed by atoms with Crippen molar-refractivity contribution in [1.29, 1.82) is 0 Å². The van der Waals surface area contributed by atoms with Crippen molar-refractivity contribution < 1.29 is 19.2 Å². The lowest BCUT2D eigenvalue weighted by atomic mass is 10.2. The molecule has 1 heterocycles. The van der Waals surface area contributed by atoms with Gasteiger partial charge >= 0.3 is 0 Å². The summed E-state index contributed by atoms with van der Waals surface area (Å²) in [5, 5.41) is 19.0. The normalized spacial score (nSPS) is 10.6. The lowest BCUT2D eigenvalue weighted by molar-refractivity contribution is 0.0949. The number of hydrogen-bond donors (Lipinski definition) is 3. The zero-order valence-corrected chi connectivity index (χ0v) is 17.4. The summed E-state index contributed by atoms with van der Waals surface area (Å²) in [4.78, 5) is 25.4. The van der Waals surface area contributed by atoms with Gasteiger partial charge in [-0.3, -0.25) is 9.59 Å². The van der Waals surface area contributed by atoms with Crippen LogP contribution in [0.3, 0.4) is 0 Å². The van der Waals surface area contributed by atoms with Crippen molar-refractivity contribution in [1.82, 2.24) is 15.8 Å². The lowest BCUT2D eigenvalue weighted by Gasteiger charge is -2.10. The molecule has 0 aliphatic carbocycles. The minimum absolute atomic E-state index is 0.0462. The van der Waals surface area contributed by atoms with Crippen molar-refractivity contribution in [2.75, 3.05) is 13.1 Å². The molecule has 0 spiro atoms. The molecule has 0 saturated heterocycles. The van der Waals surface area contributed by atoms with Crippen molar-refractivity contribution in [3.63, 3.8) is 0 Å². The Morgan fingerprint density at radius 1 is 1.03 bits per heavy atom. The van der Waals surface area contributed by atoms with Crippen molar-refractivity contribution in [2.45, 2.75) is 24.0 Å². The van der Waals surface area contributed by atoms with E-state index in [1.807, 2.05) is 31.2 Å². The van der Waals surface area contributed by atoms with E-state index in [0.717, 1.165) is 16.3 Å². The molecule has 2 aromatic carbocycles. The Bertz CT molecular complexity index is 1020. The first-order valence-electron chi connectivity index (χ1n) is 9.52. The highest BCUT2D eigenvalue weighted by Crippen LogP contribution is 2.26. The third-order valence-electron chi connectivity index (χ3n) is 4.21. The van der Waals surface area contributed by atoms with Crippen LogP contribution >= 0.6 is 11.8 Å². The fourth-order valence-electron chi connectivity index (χ4n) is 2.75. The molecule has 0 atom stereocenters. The van der Waals surface area contributed by atoms with E-state index in [0.29, 0.717) is 36.4 Å². The Morgan fingerprint density at radius 3 is 2.53 bits per heavy atom. The highest BCUT2D eigenvalue weighted by atomic mass is 32.2. The molecule has 8 heteroatoms. The quantitative estimate of drug-likeness (QED) is 0.358. The zero-order valence-electron chi connectivity index (χ0n) is 16.6. The number of carbonyl (C=O) groups is 2. The highest BCUT2D eigenvalue weighted by molar-refractivity contribution is 7.98. The van der Waals surface area contributed by atoms with E-state index in [9.17, 15) is 14.7 Å². The van der Waals surface area contributed by atoms with E-state index in [2.05, 4.69) is 15.8 Å². The first kappa shape index (κ1) is 21.4. The minimum atomic E-state index is -0.262. The Labute approximate surface area is 178 Å². The number of benzene rings is 2. The topological polar surface area (TPSA) is 104 Å². The van der Waals surface area contributed by atoms with Crippen molar-refractivity contribution in [2.24, 2.45) is 0 Å². The summed E-state index contributed by atoms with van der Waals surface area (Å²) < 4.78 is 5.22. The maximum atomic E-state index is 12.6. The average molecular weight is 426 g/mol. The van der Waals surface area contributed by atoms with Crippen molar-refractivity contribution >= 4 is 23.6 Å². The predicted molar refractivity (Wildman–Crippen MR) is 115 cm³/mol. The van der Waals surface area contributed by atoms with Crippen LogP contribution in [0.15, 0.2) is 64.0 Å². The van der Waals surface area contributed by atoms with Gasteiger partial charge in [-0.05, 0) is 43.7 Å². The van der Waals surface area contributed by atoms with Gasteiger partial charge < -0.3 is 20.3 Å². The second-order valence-corrected chi connectivity index (χ2v) is 7.65. The van der Waals surface area contributed by atoms with Gasteiger partial charge in [0.1, 0.15) is 11.5 Å². The molecule has 2 amide bonds. The van der Waals surface area contributed by atoms with Crippen LogP contribution in [-0.4, -0.2) is 35.2 Å². The lowest BCUT2D eigenvalue weighted by Crippen LogP contribution is -2.30. The van der Waals surface area contributed by atoms with Crippen LogP contribution in [0, 0.1) is 6.92 Å². The summed E-state index contributed by atoms with van der Waals surface area (Å²) in [7, 11) is 0. The first-order chi connectivity index (χ1) is 14.5. The van der Waals surface area contributed by atoms with Crippen LogP contribution in [0.25, 0.3) is 0 Å². The molecular formula is C22H23N3O4S. The van der Waals surface area contributed by atoms with Gasteiger partial charge in [-0.15, -0.1) is 11.8 Å². The Balaban J connectivity index is 1.44. The number of aromatic nitrogens is 1. The zero-order chi connectivity index (χ0) is 21.3. The molecule has 7 nitrogen and oxygen atoms in total. The number of phenolic OH excluding ortho intramolecular Hbond substituents is 1. The average Bonchev–Trinajstić information content (AvgIpc) is 3.17. The number of amides is 2. The molecule has 156 valence electrons. The molecule has 1 aromatic heterocycles. The molecule has 3 aromatic rings. The van der Waals surface area contributed by atoms with Gasteiger partial charge in [0.05, 0.1) is 17.0 Å². The molecule has 30 heavy (non-hydrogen) atoms. The van der Waals surface area contributed by atoms with E-state index in [1.54, 1.807) is 18.2 Å². The van der Waals surface area contributed by atoms with Crippen LogP contribution in [0.5, 0.6) is 5.75 Å². The molecule has 3 rings (SSSR count). The number of nitrogens with one attached hydrogen (secondary N) is 2. The summed E-state index contributed by atoms with van der Waals surface area (Å²) in [6.45, 7) is 2.71. The van der Waals surface area contributed by atoms with E-state index >= 15 is 0 Å². The van der Waals surface area contributed by atoms with Crippen molar-refractivity contribution in [3.05, 3.63) is 77.2 Å². The fraction of sp³-hybridized carbons (Fsp3) is 0.227. The molecule has 0 radical (unpaired) electrons. The van der Waals surface area contributed by atoms with Gasteiger partial charge in [0.25, 0.3) is 11.8 Å². The summed E-state index contributed by atoms with van der Waals surface area (Å²) in [5.41, 5.74) is 1.82. The number of aromatic hydroxyl groups is 1.